The second-order valence-electron chi connectivity index (χ2n) is 3.24. The van der Waals surface area contributed by atoms with Crippen LogP contribution >= 0.6 is 0 Å². The molecule has 0 saturated carbocycles. The second kappa shape index (κ2) is 4.49. The minimum Gasteiger partial charge on any atom is -0.504 e. The summed E-state index contributed by atoms with van der Waals surface area (Å²) in [6.07, 6.45) is 4.32. The SMILES string of the molecule is O=C(/C=C/c1ccccc1)c1occc1O. The number of benzene rings is 1. The molecule has 16 heavy (non-hydrogen) atoms. The average molecular weight is 214 g/mol. The van der Waals surface area contributed by atoms with E-state index in [1.807, 2.05) is 30.3 Å². The van der Waals surface area contributed by atoms with Gasteiger partial charge in [-0.3, -0.25) is 4.79 Å². The Labute approximate surface area is 92.6 Å². The lowest BCUT2D eigenvalue weighted by Gasteiger charge is -1.92. The zero-order valence-corrected chi connectivity index (χ0v) is 8.46. The summed E-state index contributed by atoms with van der Waals surface area (Å²) < 4.78 is 4.86. The normalized spacial score (nSPS) is 10.8. The largest absolute Gasteiger partial charge is 0.504 e. The smallest absolute Gasteiger partial charge is 0.224 e. The molecule has 0 saturated heterocycles. The maximum Gasteiger partial charge on any atom is 0.224 e. The molecule has 80 valence electrons. The minimum absolute atomic E-state index is 0.0350. The molecule has 0 atom stereocenters. The van der Waals surface area contributed by atoms with Gasteiger partial charge in [0, 0.05) is 6.07 Å². The van der Waals surface area contributed by atoms with E-state index >= 15 is 0 Å². The Kier molecular flexibility index (Phi) is 2.87. The topological polar surface area (TPSA) is 50.4 Å². The van der Waals surface area contributed by atoms with Crippen molar-refractivity contribution in [2.24, 2.45) is 0 Å². The maximum atomic E-state index is 11.6. The highest BCUT2D eigenvalue weighted by atomic mass is 16.4. The van der Waals surface area contributed by atoms with Crippen molar-refractivity contribution in [2.45, 2.75) is 0 Å². The third kappa shape index (κ3) is 2.20. The van der Waals surface area contributed by atoms with Gasteiger partial charge in [0.2, 0.25) is 11.5 Å². The first-order valence-corrected chi connectivity index (χ1v) is 4.81. The van der Waals surface area contributed by atoms with Gasteiger partial charge in [0.1, 0.15) is 0 Å². The molecule has 0 fully saturated rings. The third-order valence-corrected chi connectivity index (χ3v) is 2.09. The Bertz CT molecular complexity index is 509. The van der Waals surface area contributed by atoms with Crippen molar-refractivity contribution in [1.82, 2.24) is 0 Å². The van der Waals surface area contributed by atoms with E-state index in [-0.39, 0.29) is 17.3 Å². The first kappa shape index (κ1) is 10.2. The molecule has 0 aliphatic rings. The van der Waals surface area contributed by atoms with Gasteiger partial charge in [-0.25, -0.2) is 0 Å². The van der Waals surface area contributed by atoms with Crippen LogP contribution in [0.1, 0.15) is 16.1 Å². The van der Waals surface area contributed by atoms with Gasteiger partial charge in [-0.1, -0.05) is 36.4 Å². The summed E-state index contributed by atoms with van der Waals surface area (Å²) in [4.78, 5) is 11.6. The van der Waals surface area contributed by atoms with E-state index in [0.717, 1.165) is 5.56 Å². The quantitative estimate of drug-likeness (QED) is 0.631. The standard InChI is InChI=1S/C13H10O3/c14-11(13-12(15)8-9-16-13)7-6-10-4-2-1-3-5-10/h1-9,15H/b7-6+. The van der Waals surface area contributed by atoms with E-state index in [9.17, 15) is 9.90 Å². The number of hydrogen-bond donors (Lipinski definition) is 1. The molecule has 3 heteroatoms. The van der Waals surface area contributed by atoms with Crippen LogP contribution in [0.2, 0.25) is 0 Å². The van der Waals surface area contributed by atoms with Gasteiger partial charge in [-0.05, 0) is 11.6 Å². The highest BCUT2D eigenvalue weighted by Crippen LogP contribution is 2.18. The molecule has 2 aromatic rings. The van der Waals surface area contributed by atoms with Crippen LogP contribution < -0.4 is 0 Å². The monoisotopic (exact) mass is 214 g/mol. The molecule has 1 aromatic heterocycles. The van der Waals surface area contributed by atoms with Crippen molar-refractivity contribution < 1.29 is 14.3 Å². The Balaban J connectivity index is 2.15. The fraction of sp³-hybridized carbons (Fsp3) is 0. The fourth-order valence-electron chi connectivity index (χ4n) is 1.30. The Morgan fingerprint density at radius 1 is 1.19 bits per heavy atom. The van der Waals surface area contributed by atoms with Crippen LogP contribution in [-0.2, 0) is 0 Å². The van der Waals surface area contributed by atoms with Crippen molar-refractivity contribution in [2.75, 3.05) is 0 Å². The second-order valence-corrected chi connectivity index (χ2v) is 3.24. The molecule has 2 rings (SSSR count). The number of aromatic hydroxyl groups is 1. The molecule has 1 aromatic carbocycles. The summed E-state index contributed by atoms with van der Waals surface area (Å²) in [6, 6.07) is 10.8. The van der Waals surface area contributed by atoms with Crippen LogP contribution in [0, 0.1) is 0 Å². The van der Waals surface area contributed by atoms with E-state index in [4.69, 9.17) is 4.42 Å². The van der Waals surface area contributed by atoms with Gasteiger partial charge in [0.05, 0.1) is 6.26 Å². The van der Waals surface area contributed by atoms with Crippen LogP contribution in [0.15, 0.2) is 53.2 Å². The number of allylic oxidation sites excluding steroid dienone is 1. The van der Waals surface area contributed by atoms with Crippen LogP contribution in [0.5, 0.6) is 5.75 Å². The van der Waals surface area contributed by atoms with Gasteiger partial charge in [0.15, 0.2) is 5.75 Å². The molecule has 0 radical (unpaired) electrons. The van der Waals surface area contributed by atoms with Gasteiger partial charge >= 0.3 is 0 Å². The minimum atomic E-state index is -0.355. The Hall–Kier alpha value is -2.29. The van der Waals surface area contributed by atoms with Gasteiger partial charge in [0.25, 0.3) is 0 Å². The summed E-state index contributed by atoms with van der Waals surface area (Å²) in [7, 11) is 0. The molecular formula is C13H10O3. The molecule has 0 aliphatic heterocycles. The average Bonchev–Trinajstić information content (AvgIpc) is 2.74. The van der Waals surface area contributed by atoms with Gasteiger partial charge < -0.3 is 9.52 Å². The van der Waals surface area contributed by atoms with Crippen LogP contribution in [0.4, 0.5) is 0 Å². The number of rotatable bonds is 3. The molecule has 1 heterocycles. The maximum absolute atomic E-state index is 11.6. The first-order chi connectivity index (χ1) is 7.77. The summed E-state index contributed by atoms with van der Waals surface area (Å²) in [6.45, 7) is 0. The van der Waals surface area contributed by atoms with Gasteiger partial charge in [-0.2, -0.15) is 0 Å². The number of carbonyl (C=O) groups excluding carboxylic acids is 1. The van der Waals surface area contributed by atoms with Crippen LogP contribution in [0.25, 0.3) is 6.08 Å². The highest BCUT2D eigenvalue weighted by molar-refractivity contribution is 6.06. The van der Waals surface area contributed by atoms with Crippen molar-refractivity contribution in [3.8, 4) is 5.75 Å². The summed E-state index contributed by atoms with van der Waals surface area (Å²) in [5.74, 6) is -0.527. The van der Waals surface area contributed by atoms with Crippen molar-refractivity contribution in [3.05, 3.63) is 60.1 Å². The fourth-order valence-corrected chi connectivity index (χ4v) is 1.30. The van der Waals surface area contributed by atoms with Crippen molar-refractivity contribution in [1.29, 1.82) is 0 Å². The van der Waals surface area contributed by atoms with E-state index < -0.39 is 0 Å². The lowest BCUT2D eigenvalue weighted by atomic mass is 10.2. The molecule has 0 amide bonds. The molecule has 1 N–H and O–H groups in total. The lowest BCUT2D eigenvalue weighted by Crippen LogP contribution is -1.91. The highest BCUT2D eigenvalue weighted by Gasteiger charge is 2.11. The van der Waals surface area contributed by atoms with E-state index in [1.165, 1.54) is 18.4 Å². The zero-order valence-electron chi connectivity index (χ0n) is 8.46. The number of hydrogen-bond acceptors (Lipinski definition) is 3. The molecule has 3 nitrogen and oxygen atoms in total. The Morgan fingerprint density at radius 2 is 1.94 bits per heavy atom. The van der Waals surface area contributed by atoms with E-state index in [2.05, 4.69) is 0 Å². The first-order valence-electron chi connectivity index (χ1n) is 4.81. The summed E-state index contributed by atoms with van der Waals surface area (Å²) >= 11 is 0. The molecule has 0 unspecified atom stereocenters. The van der Waals surface area contributed by atoms with Crippen molar-refractivity contribution >= 4 is 11.9 Å². The predicted octanol–water partition coefficient (Wildman–Crippen LogP) is 2.88. The van der Waals surface area contributed by atoms with Crippen LogP contribution in [0.3, 0.4) is 0 Å². The summed E-state index contributed by atoms with van der Waals surface area (Å²) in [5, 5.41) is 9.27. The lowest BCUT2D eigenvalue weighted by molar-refractivity contribution is 0.101. The zero-order chi connectivity index (χ0) is 11.4. The predicted molar refractivity (Wildman–Crippen MR) is 60.2 cm³/mol. The Morgan fingerprint density at radius 3 is 2.56 bits per heavy atom. The van der Waals surface area contributed by atoms with Crippen LogP contribution in [-0.4, -0.2) is 10.9 Å². The van der Waals surface area contributed by atoms with Crippen molar-refractivity contribution in [3.63, 3.8) is 0 Å². The summed E-state index contributed by atoms with van der Waals surface area (Å²) in [5.41, 5.74) is 0.918. The third-order valence-electron chi connectivity index (χ3n) is 2.09. The number of ketones is 1. The number of carbonyl (C=O) groups is 1. The molecule has 0 spiro atoms. The molecule has 0 bridgehead atoms. The molecule has 0 aliphatic carbocycles. The van der Waals surface area contributed by atoms with E-state index in [0.29, 0.717) is 0 Å². The van der Waals surface area contributed by atoms with E-state index in [1.54, 1.807) is 6.08 Å². The number of furan rings is 1. The van der Waals surface area contributed by atoms with Gasteiger partial charge in [-0.15, -0.1) is 0 Å². The molecular weight excluding hydrogens is 204 g/mol.